The number of thiophene rings is 1. The molecule has 19 nitrogen and oxygen atoms in total. The minimum atomic E-state index is 0.624. The van der Waals surface area contributed by atoms with Crippen LogP contribution in [0.1, 0.15) is 234 Å². The smallest absolute Gasteiger partial charge is 0.147 e. The zero-order valence-electron chi connectivity index (χ0n) is 92.4. The number of likely N-dealkylation sites (N-methyl/N-ethyl adjacent to an activating group) is 1. The van der Waals surface area contributed by atoms with E-state index in [0.29, 0.717) is 24.0 Å². The minimum absolute atomic E-state index is 0.624. The first-order valence-corrected chi connectivity index (χ1v) is 56.5. The zero-order valence-corrected chi connectivity index (χ0v) is 93.2. The lowest BCUT2D eigenvalue weighted by atomic mass is 9.89. The number of methoxy groups -OCH3 is 1. The van der Waals surface area contributed by atoms with E-state index in [1.54, 1.807) is 7.11 Å². The average Bonchev–Trinajstić information content (AvgIpc) is 1.73. The highest BCUT2D eigenvalue weighted by molar-refractivity contribution is 7.16. The van der Waals surface area contributed by atoms with Crippen molar-refractivity contribution in [2.75, 3.05) is 242 Å². The number of piperazine rings is 4. The maximum atomic E-state index is 5.13. The molecule has 0 amide bonds. The van der Waals surface area contributed by atoms with Crippen LogP contribution in [-0.2, 0) is 4.74 Å². The van der Waals surface area contributed by atoms with Crippen molar-refractivity contribution in [2.24, 2.45) is 0 Å². The lowest BCUT2D eigenvalue weighted by molar-refractivity contribution is 0.130. The van der Waals surface area contributed by atoms with Gasteiger partial charge in [-0.2, -0.15) is 0 Å². The molecule has 143 heavy (non-hydrogen) atoms. The molecule has 20 rings (SSSR count). The molecule has 11 aliphatic rings. The highest BCUT2D eigenvalue weighted by atomic mass is 32.1. The molecule has 782 valence electrons. The monoisotopic (exact) mass is 1970 g/mol. The van der Waals surface area contributed by atoms with Crippen molar-refractivity contribution in [3.63, 3.8) is 0 Å². The highest BCUT2D eigenvalue weighted by Gasteiger charge is 2.34. The molecule has 14 heterocycles. The lowest BCUT2D eigenvalue weighted by Crippen LogP contribution is -2.55. The summed E-state index contributed by atoms with van der Waals surface area (Å²) in [7, 11) is 6.18. The number of ether oxygens (including phenoxy) is 1. The number of aryl methyl sites for hydroxylation is 9. The van der Waals surface area contributed by atoms with Crippen LogP contribution in [0.5, 0.6) is 0 Å². The van der Waals surface area contributed by atoms with Crippen molar-refractivity contribution in [1.82, 2.24) is 64.0 Å². The Balaban J connectivity index is 0.000000144. The third-order valence-corrected chi connectivity index (χ3v) is 33.5. The predicted octanol–water partition coefficient (Wildman–Crippen LogP) is 22.7. The van der Waals surface area contributed by atoms with E-state index in [-0.39, 0.29) is 0 Å². The number of fused-ring (bicyclic) bond motifs is 2. The Morgan fingerprint density at radius 2 is 0.797 bits per heavy atom. The Morgan fingerprint density at radius 1 is 0.378 bits per heavy atom. The van der Waals surface area contributed by atoms with E-state index in [2.05, 4.69) is 364 Å². The fourth-order valence-electron chi connectivity index (χ4n) is 22.2. The van der Waals surface area contributed by atoms with Gasteiger partial charge in [-0.05, 0) is 356 Å². The van der Waals surface area contributed by atoms with Gasteiger partial charge < -0.3 is 43.9 Å². The molecule has 0 radical (unpaired) electrons. The second-order valence-corrected chi connectivity index (χ2v) is 44.8. The summed E-state index contributed by atoms with van der Waals surface area (Å²) >= 11 is 1.94. The molecule has 20 heteroatoms. The second kappa shape index (κ2) is 59.5. The van der Waals surface area contributed by atoms with Crippen LogP contribution in [0.4, 0.5) is 27.9 Å². The first kappa shape index (κ1) is 113. The Labute approximate surface area is 872 Å². The van der Waals surface area contributed by atoms with Gasteiger partial charge in [-0.3, -0.25) is 44.4 Å². The van der Waals surface area contributed by atoms with Crippen LogP contribution in [0.3, 0.4) is 0 Å². The summed E-state index contributed by atoms with van der Waals surface area (Å²) in [6, 6.07) is 62.7. The summed E-state index contributed by atoms with van der Waals surface area (Å²) in [4.78, 5) is 54.2. The number of hydrogen-bond acceptors (Lipinski definition) is 20. The van der Waals surface area contributed by atoms with E-state index < -0.39 is 0 Å². The molecule has 11 fully saturated rings. The Hall–Kier alpha value is -8.48. The van der Waals surface area contributed by atoms with Gasteiger partial charge >= 0.3 is 0 Å². The highest BCUT2D eigenvalue weighted by Crippen LogP contribution is 2.36. The molecule has 11 aliphatic heterocycles. The van der Waals surface area contributed by atoms with Crippen LogP contribution < -0.4 is 24.5 Å². The number of aromatic nitrogens is 4. The minimum Gasteiger partial charge on any atom is -0.383 e. The van der Waals surface area contributed by atoms with Crippen molar-refractivity contribution in [2.45, 2.75) is 261 Å². The van der Waals surface area contributed by atoms with E-state index in [4.69, 9.17) is 4.74 Å². The van der Waals surface area contributed by atoms with E-state index in [0.717, 1.165) is 119 Å². The number of likely N-dealkylation sites (tertiary alicyclic amines) is 4. The normalized spacial score (nSPS) is 21.5. The van der Waals surface area contributed by atoms with Crippen molar-refractivity contribution < 1.29 is 4.74 Å². The molecular weight excluding hydrogens is 1780 g/mol. The summed E-state index contributed by atoms with van der Waals surface area (Å²) in [5.41, 5.74) is 20.0. The predicted molar refractivity (Wildman–Crippen MR) is 612 cm³/mol. The fraction of sp³-hybridized carbons (Fsp3) is 0.593. The van der Waals surface area contributed by atoms with E-state index >= 15 is 0 Å². The SMILES string of the molecule is C=CCN1CCC(c2ccc(C)cc2)CC1.CCC(C)N1CCN(c2ccc(C)cc2)CC1.CCN1CCC(c2ccc(C)cc2)CC1.COCCN1CCC(c2ccc(C)cc2)CC1.Cc1ccc(N2CCN3CCCC3C2)cc1.Cc1ccc(N2CCN3CCCC3C2)s1.Cc1ccc(N2C[C@@H](C)N(C)[C@@H](C)C2)cc1.Cc1cnc(C2CCN(C)CC2)cn1.Cc1cnc(N2CCCN(C(C)C)CC2)cn1. The van der Waals surface area contributed by atoms with Crippen molar-refractivity contribution >= 4 is 39.2 Å². The van der Waals surface area contributed by atoms with Crippen LogP contribution in [0, 0.1) is 62.3 Å². The molecule has 0 aliphatic carbocycles. The largest absolute Gasteiger partial charge is 0.383 e. The molecule has 0 spiro atoms. The van der Waals surface area contributed by atoms with Crippen LogP contribution in [0.2, 0.25) is 0 Å². The van der Waals surface area contributed by atoms with Crippen LogP contribution in [0.15, 0.2) is 195 Å². The maximum absolute atomic E-state index is 5.13. The number of nitrogens with zero attached hydrogens (tertiary/aromatic N) is 18. The topological polar surface area (TPSA) is 106 Å². The molecule has 6 aromatic carbocycles. The van der Waals surface area contributed by atoms with Crippen LogP contribution in [-0.4, -0.2) is 318 Å². The molecule has 0 saturated carbocycles. The van der Waals surface area contributed by atoms with Gasteiger partial charge in [-0.25, -0.2) is 4.98 Å². The molecule has 5 atom stereocenters. The van der Waals surface area contributed by atoms with Gasteiger partial charge in [-0.15, -0.1) is 17.9 Å². The van der Waals surface area contributed by atoms with Crippen molar-refractivity contribution in [1.29, 1.82) is 0 Å². The summed E-state index contributed by atoms with van der Waals surface area (Å²) in [5, 5.41) is 1.47. The van der Waals surface area contributed by atoms with Crippen LogP contribution >= 0.6 is 11.3 Å². The Bertz CT molecular complexity index is 4950. The quantitative estimate of drug-likeness (QED) is 0.0760. The van der Waals surface area contributed by atoms with E-state index in [1.807, 2.05) is 56.0 Å². The molecule has 0 N–H and O–H groups in total. The number of piperidine rings is 4. The van der Waals surface area contributed by atoms with Crippen LogP contribution in [0.25, 0.3) is 0 Å². The number of anilines is 5. The van der Waals surface area contributed by atoms with Gasteiger partial charge in [0.05, 0.1) is 41.1 Å². The zero-order chi connectivity index (χ0) is 102. The van der Waals surface area contributed by atoms with Crippen molar-refractivity contribution in [3.05, 3.63) is 267 Å². The summed E-state index contributed by atoms with van der Waals surface area (Å²) in [6.45, 7) is 74.3. The summed E-state index contributed by atoms with van der Waals surface area (Å²) < 4.78 is 5.13. The third kappa shape index (κ3) is 36.8. The summed E-state index contributed by atoms with van der Waals surface area (Å²) in [6.07, 6.45) is 27.8. The molecule has 9 aromatic rings. The lowest BCUT2D eigenvalue weighted by Gasteiger charge is -2.43. The van der Waals surface area contributed by atoms with Gasteiger partial charge in [0.15, 0.2) is 0 Å². The Morgan fingerprint density at radius 3 is 1.23 bits per heavy atom. The van der Waals surface area contributed by atoms with E-state index in [1.165, 1.54) is 303 Å². The van der Waals surface area contributed by atoms with Crippen molar-refractivity contribution in [3.8, 4) is 0 Å². The standard InChI is InChI=1S/C15H24N2.C15H23NO.C15H21N.C14H20N2.C14H22N2.C14H21N.C13H22N4.C12H18N2S.C11H17N3/c1-4-14(3)16-9-11-17(12-10-16)15-7-5-13(2)6-8-15;1-13-3-5-14(6-4-13)15-7-9-16(10-8-15)11-12-17-2;1-3-10-16-11-8-15(9-12-16)14-6-4-13(2)5-7-14;1-12-4-6-13(7-5-12)16-10-9-15-8-2-3-14(15)11-16;1-11-5-7-14(8-6-11)16-9-12(2)15(4)13(3)10-16;1-3-15-10-8-14(9-11-15)13-6-4-12(2)5-7-13;1-11(2)16-5-4-6-17(8-7-16)13-10-14-12(3)9-15-13;1-10-4-5-12(15-10)14-8-7-13-6-2-3-11(13)9-14;1-9-7-13-11(8-12-9)10-3-5-14(2)6-4-10/h5-8,14H,4,9-12H2,1-3H3;3-6,15H,7-12H2,1-2H3;3-7,15H,1,8-12H2,2H3;4-7,14H,2-3,8-11H2,1H3;5-8,12-13H,9-10H2,1-4H3;4-7,14H,3,8-11H2,1-2H3;9-11H,4-8H2,1-3H3;4-5,11H,2-3,6-9H2,1H3;7-8,10H,3-6H2,1-2H3/t;;;;12-,13+;;;;. The molecule has 3 unspecified atom stereocenters. The van der Waals surface area contributed by atoms with Gasteiger partial charge in [-0.1, -0.05) is 162 Å². The first-order valence-electron chi connectivity index (χ1n) is 55.7. The molecule has 3 aromatic heterocycles. The van der Waals surface area contributed by atoms with E-state index in [9.17, 15) is 0 Å². The third-order valence-electron chi connectivity index (χ3n) is 32.4. The molecule has 11 saturated heterocycles. The summed E-state index contributed by atoms with van der Waals surface area (Å²) in [5.74, 6) is 3.96. The number of rotatable bonds is 18. The fourth-order valence-corrected chi connectivity index (χ4v) is 23.1. The Kier molecular flexibility index (Phi) is 47.1. The maximum Gasteiger partial charge on any atom is 0.147 e. The molecular formula is C123H188N18OS. The first-order chi connectivity index (χ1) is 69.2. The van der Waals surface area contributed by atoms with Gasteiger partial charge in [0.1, 0.15) is 5.82 Å². The van der Waals surface area contributed by atoms with Gasteiger partial charge in [0.25, 0.3) is 0 Å². The average molecular weight is 1970 g/mol. The second-order valence-electron chi connectivity index (χ2n) is 43.6. The van der Waals surface area contributed by atoms with Gasteiger partial charge in [0.2, 0.25) is 0 Å². The van der Waals surface area contributed by atoms with Gasteiger partial charge in [0, 0.05) is 201 Å². The number of hydrogen-bond donors (Lipinski definition) is 0. The molecule has 0 bridgehead atoms. The number of benzene rings is 6.